The lowest BCUT2D eigenvalue weighted by atomic mass is 9.99. The molecule has 0 saturated heterocycles. The average Bonchev–Trinajstić information content (AvgIpc) is 3.15. The van der Waals surface area contributed by atoms with E-state index in [2.05, 4.69) is 34.6 Å². The monoisotopic (exact) mass is 492 g/mol. The summed E-state index contributed by atoms with van der Waals surface area (Å²) in [5.41, 5.74) is 0. The van der Waals surface area contributed by atoms with Gasteiger partial charge in [0, 0.05) is 46.1 Å². The van der Waals surface area contributed by atoms with E-state index in [1.54, 1.807) is 25.2 Å². The molecule has 0 bridgehead atoms. The van der Waals surface area contributed by atoms with E-state index in [0.717, 1.165) is 38.4 Å². The molecule has 0 aromatic carbocycles. The number of aryl methyl sites for hydroxylation is 1. The van der Waals surface area contributed by atoms with E-state index in [1.165, 1.54) is 19.3 Å². The van der Waals surface area contributed by atoms with Gasteiger partial charge in [-0.05, 0) is 24.8 Å². The number of likely N-dealkylation sites (N-methyl/N-ethyl adjacent to an activating group) is 1. The van der Waals surface area contributed by atoms with Gasteiger partial charge in [0.25, 0.3) is 0 Å². The Morgan fingerprint density at radius 2 is 2.04 bits per heavy atom. The summed E-state index contributed by atoms with van der Waals surface area (Å²) in [6, 6.07) is 1.93. The van der Waals surface area contributed by atoms with Crippen molar-refractivity contribution in [1.29, 1.82) is 0 Å². The zero-order valence-electron chi connectivity index (χ0n) is 17.3. The van der Waals surface area contributed by atoms with E-state index in [9.17, 15) is 4.79 Å². The molecule has 0 fully saturated rings. The summed E-state index contributed by atoms with van der Waals surface area (Å²) in [5.74, 6) is 1.35. The van der Waals surface area contributed by atoms with Gasteiger partial charge in [-0.2, -0.15) is 5.10 Å². The number of nitrogens with one attached hydrogen (secondary N) is 2. The lowest BCUT2D eigenvalue weighted by Crippen LogP contribution is -2.41. The van der Waals surface area contributed by atoms with Crippen LogP contribution in [-0.4, -0.2) is 60.3 Å². The number of carbonyl (C=O) groups excluding carboxylic acids is 1. The fourth-order valence-electron chi connectivity index (χ4n) is 2.53. The highest BCUT2D eigenvalue weighted by Crippen LogP contribution is 2.11. The smallest absolute Gasteiger partial charge is 0.243 e. The number of amides is 1. The lowest BCUT2D eigenvalue weighted by molar-refractivity contribution is -0.127. The predicted molar refractivity (Wildman–Crippen MR) is 123 cm³/mol. The van der Waals surface area contributed by atoms with Crippen molar-refractivity contribution in [3.63, 3.8) is 0 Å². The molecule has 1 aromatic heterocycles. The quantitative estimate of drug-likeness (QED) is 0.204. The van der Waals surface area contributed by atoms with Gasteiger partial charge in [0.2, 0.25) is 5.91 Å². The molecule has 0 radical (unpaired) electrons. The van der Waals surface area contributed by atoms with E-state index in [1.807, 2.05) is 16.9 Å². The Morgan fingerprint density at radius 1 is 1.26 bits per heavy atom. The van der Waals surface area contributed by atoms with Crippen LogP contribution in [0.25, 0.3) is 0 Å². The predicted octanol–water partition coefficient (Wildman–Crippen LogP) is 2.73. The van der Waals surface area contributed by atoms with Crippen LogP contribution in [0.15, 0.2) is 23.5 Å². The normalized spacial score (nSPS) is 12.2. The zero-order valence-corrected chi connectivity index (χ0v) is 19.6. The van der Waals surface area contributed by atoms with E-state index in [0.29, 0.717) is 5.92 Å². The standard InChI is InChI=1S/C19H36N6O.HI/c1-5-7-10-17(6-2)15-21-19(22-16-18(26)24(3)4)20-11-8-13-25-14-9-12-23-25;/h9,12,14,17H,5-8,10-11,13,15-16H2,1-4H3,(H2,20,21,22);1H. The Labute approximate surface area is 181 Å². The highest BCUT2D eigenvalue weighted by atomic mass is 127. The van der Waals surface area contributed by atoms with Crippen LogP contribution >= 0.6 is 24.0 Å². The third-order valence-electron chi connectivity index (χ3n) is 4.39. The molecule has 2 N–H and O–H groups in total. The maximum atomic E-state index is 11.8. The number of nitrogens with zero attached hydrogens (tertiary/aromatic N) is 4. The summed E-state index contributed by atoms with van der Waals surface area (Å²) < 4.78 is 1.92. The Morgan fingerprint density at radius 3 is 2.63 bits per heavy atom. The van der Waals surface area contributed by atoms with Gasteiger partial charge in [0.1, 0.15) is 6.54 Å². The molecule has 7 nitrogen and oxygen atoms in total. The number of rotatable bonds is 12. The summed E-state index contributed by atoms with van der Waals surface area (Å²) in [6.45, 7) is 7.14. The summed E-state index contributed by atoms with van der Waals surface area (Å²) in [6.07, 6.45) is 9.54. The number of carbonyl (C=O) groups is 1. The number of aliphatic imine (C=N–C) groups is 1. The van der Waals surface area contributed by atoms with Crippen LogP contribution in [0, 0.1) is 5.92 Å². The Kier molecular flexibility index (Phi) is 14.9. The zero-order chi connectivity index (χ0) is 19.2. The molecule has 156 valence electrons. The highest BCUT2D eigenvalue weighted by Gasteiger charge is 2.08. The minimum absolute atomic E-state index is 0. The molecular weight excluding hydrogens is 455 g/mol. The van der Waals surface area contributed by atoms with Gasteiger partial charge < -0.3 is 15.5 Å². The van der Waals surface area contributed by atoms with E-state index in [4.69, 9.17) is 0 Å². The van der Waals surface area contributed by atoms with Crippen molar-refractivity contribution < 1.29 is 4.79 Å². The third-order valence-corrected chi connectivity index (χ3v) is 4.39. The first-order valence-electron chi connectivity index (χ1n) is 9.76. The fraction of sp³-hybridized carbons (Fsp3) is 0.737. The second kappa shape index (κ2) is 15.7. The molecule has 1 amide bonds. The molecular formula is C19H37IN6O. The van der Waals surface area contributed by atoms with Gasteiger partial charge in [0.15, 0.2) is 5.96 Å². The minimum Gasteiger partial charge on any atom is -0.356 e. The molecule has 0 spiro atoms. The maximum absolute atomic E-state index is 11.8. The minimum atomic E-state index is 0. The molecule has 1 rings (SSSR count). The average molecular weight is 492 g/mol. The van der Waals surface area contributed by atoms with Crippen LogP contribution < -0.4 is 10.6 Å². The van der Waals surface area contributed by atoms with Crippen molar-refractivity contribution in [1.82, 2.24) is 25.3 Å². The van der Waals surface area contributed by atoms with Crippen LogP contribution in [0.4, 0.5) is 0 Å². The second-order valence-corrected chi connectivity index (χ2v) is 6.80. The summed E-state index contributed by atoms with van der Waals surface area (Å²) >= 11 is 0. The molecule has 1 aromatic rings. The SMILES string of the molecule is CCCCC(CC)CNC(=NCC(=O)N(C)C)NCCCn1cccn1.I. The number of guanidine groups is 1. The highest BCUT2D eigenvalue weighted by molar-refractivity contribution is 14.0. The van der Waals surface area contributed by atoms with Gasteiger partial charge >= 0.3 is 0 Å². The first-order valence-corrected chi connectivity index (χ1v) is 9.76. The molecule has 0 aliphatic carbocycles. The van der Waals surface area contributed by atoms with Gasteiger partial charge in [-0.1, -0.05) is 33.1 Å². The summed E-state index contributed by atoms with van der Waals surface area (Å²) in [4.78, 5) is 17.8. The van der Waals surface area contributed by atoms with Crippen LogP contribution in [0.5, 0.6) is 0 Å². The first kappa shape index (κ1) is 25.7. The number of halogens is 1. The molecule has 1 heterocycles. The Bertz CT molecular complexity index is 518. The van der Waals surface area contributed by atoms with Crippen molar-refractivity contribution in [2.24, 2.45) is 10.9 Å². The second-order valence-electron chi connectivity index (χ2n) is 6.80. The topological polar surface area (TPSA) is 74.6 Å². The number of hydrogen-bond donors (Lipinski definition) is 2. The van der Waals surface area contributed by atoms with E-state index < -0.39 is 0 Å². The van der Waals surface area contributed by atoms with Crippen molar-refractivity contribution in [2.45, 2.75) is 52.5 Å². The van der Waals surface area contributed by atoms with Crippen molar-refractivity contribution >= 4 is 35.8 Å². The molecule has 1 unspecified atom stereocenters. The largest absolute Gasteiger partial charge is 0.356 e. The van der Waals surface area contributed by atoms with Gasteiger partial charge in [-0.3, -0.25) is 9.48 Å². The van der Waals surface area contributed by atoms with E-state index >= 15 is 0 Å². The molecule has 0 saturated carbocycles. The molecule has 1 atom stereocenters. The molecule has 8 heteroatoms. The van der Waals surface area contributed by atoms with Crippen LogP contribution in [0.3, 0.4) is 0 Å². The Hall–Kier alpha value is -1.32. The van der Waals surface area contributed by atoms with Gasteiger partial charge in [-0.25, -0.2) is 4.99 Å². The number of aromatic nitrogens is 2. The van der Waals surface area contributed by atoms with Crippen LogP contribution in [-0.2, 0) is 11.3 Å². The van der Waals surface area contributed by atoms with Crippen molar-refractivity contribution in [3.8, 4) is 0 Å². The number of hydrogen-bond acceptors (Lipinski definition) is 3. The van der Waals surface area contributed by atoms with Crippen LogP contribution in [0.1, 0.15) is 46.0 Å². The lowest BCUT2D eigenvalue weighted by Gasteiger charge is -2.18. The molecule has 0 aliphatic heterocycles. The summed E-state index contributed by atoms with van der Waals surface area (Å²) in [5, 5.41) is 11.0. The molecule has 27 heavy (non-hydrogen) atoms. The van der Waals surface area contributed by atoms with Gasteiger partial charge in [-0.15, -0.1) is 24.0 Å². The third kappa shape index (κ3) is 11.9. The Balaban J connectivity index is 0.00000676. The molecule has 0 aliphatic rings. The van der Waals surface area contributed by atoms with Crippen molar-refractivity contribution in [3.05, 3.63) is 18.5 Å². The van der Waals surface area contributed by atoms with Gasteiger partial charge in [0.05, 0.1) is 0 Å². The fourth-order valence-corrected chi connectivity index (χ4v) is 2.53. The van der Waals surface area contributed by atoms with E-state index in [-0.39, 0.29) is 36.4 Å². The van der Waals surface area contributed by atoms with Crippen molar-refractivity contribution in [2.75, 3.05) is 33.7 Å². The van der Waals surface area contributed by atoms with Crippen LogP contribution in [0.2, 0.25) is 0 Å². The first-order chi connectivity index (χ1) is 12.6. The number of unbranched alkanes of at least 4 members (excludes halogenated alkanes) is 1. The maximum Gasteiger partial charge on any atom is 0.243 e. The summed E-state index contributed by atoms with van der Waals surface area (Å²) in [7, 11) is 3.50.